The number of hydrogen-bond acceptors (Lipinski definition) is 1. The first kappa shape index (κ1) is 12.9. The van der Waals surface area contributed by atoms with Gasteiger partial charge in [0.15, 0.2) is 0 Å². The summed E-state index contributed by atoms with van der Waals surface area (Å²) in [5.74, 6) is 0. The molecule has 0 saturated carbocycles. The summed E-state index contributed by atoms with van der Waals surface area (Å²) < 4.78 is 29.0. The van der Waals surface area contributed by atoms with Crippen molar-refractivity contribution in [3.05, 3.63) is 29.8 Å². The summed E-state index contributed by atoms with van der Waals surface area (Å²) in [6.07, 6.45) is 0. The van der Waals surface area contributed by atoms with Crippen LogP contribution >= 0.6 is 0 Å². The second-order valence-electron chi connectivity index (χ2n) is 2.98. The van der Waals surface area contributed by atoms with Crippen LogP contribution in [0.4, 0.5) is 18.6 Å². The van der Waals surface area contributed by atoms with Crippen LogP contribution in [0.25, 0.3) is 0 Å². The second kappa shape index (κ2) is 6.35. The Labute approximate surface area is 82.8 Å². The SMILES string of the molecule is Cc1ccc(N(C)C)cc1.FB(F)F. The summed E-state index contributed by atoms with van der Waals surface area (Å²) in [5, 5.41) is 0. The summed E-state index contributed by atoms with van der Waals surface area (Å²) in [4.78, 5) is 2.10. The van der Waals surface area contributed by atoms with Gasteiger partial charge in [0, 0.05) is 19.8 Å². The average Bonchev–Trinajstić information content (AvgIpc) is 2.03. The van der Waals surface area contributed by atoms with Gasteiger partial charge < -0.3 is 4.90 Å². The van der Waals surface area contributed by atoms with E-state index in [2.05, 4.69) is 36.1 Å². The molecule has 0 spiro atoms. The number of aryl methyl sites for hydroxylation is 1. The zero-order chi connectivity index (χ0) is 11.1. The number of halogens is 3. The molecule has 0 heterocycles. The van der Waals surface area contributed by atoms with Gasteiger partial charge in [-0.2, -0.15) is 0 Å². The van der Waals surface area contributed by atoms with Gasteiger partial charge in [-0.15, -0.1) is 0 Å². The first-order valence-corrected chi connectivity index (χ1v) is 4.09. The largest absolute Gasteiger partial charge is 0.762 e. The smallest absolute Gasteiger partial charge is 0.378 e. The summed E-state index contributed by atoms with van der Waals surface area (Å²) in [6, 6.07) is 8.48. The summed E-state index contributed by atoms with van der Waals surface area (Å²) in [7, 11) is 0.426. The predicted molar refractivity (Wildman–Crippen MR) is 54.6 cm³/mol. The Morgan fingerprint density at radius 2 is 1.36 bits per heavy atom. The van der Waals surface area contributed by atoms with E-state index in [9.17, 15) is 12.9 Å². The molecule has 0 unspecified atom stereocenters. The first-order valence-electron chi connectivity index (χ1n) is 4.09. The van der Waals surface area contributed by atoms with Crippen LogP contribution in [-0.4, -0.2) is 21.6 Å². The first-order chi connectivity index (χ1) is 6.43. The third kappa shape index (κ3) is 6.40. The minimum Gasteiger partial charge on any atom is -0.378 e. The van der Waals surface area contributed by atoms with E-state index in [1.807, 2.05) is 14.1 Å². The fourth-order valence-electron chi connectivity index (χ4n) is 0.843. The van der Waals surface area contributed by atoms with E-state index in [-0.39, 0.29) is 0 Å². The molecule has 0 fully saturated rings. The highest BCUT2D eigenvalue weighted by atomic mass is 19.4. The van der Waals surface area contributed by atoms with E-state index in [0.29, 0.717) is 0 Å². The van der Waals surface area contributed by atoms with Gasteiger partial charge in [0.05, 0.1) is 0 Å². The molecular weight excluding hydrogens is 190 g/mol. The average molecular weight is 203 g/mol. The standard InChI is InChI=1S/C9H13N.BF3/c1-8-4-6-9(7-5-8)10(2)3;2-1(3)4/h4-7H,1-3H3;. The van der Waals surface area contributed by atoms with Gasteiger partial charge in [-0.25, -0.2) is 0 Å². The van der Waals surface area contributed by atoms with Gasteiger partial charge in [-0.3, -0.25) is 12.9 Å². The fraction of sp³-hybridized carbons (Fsp3) is 0.333. The molecule has 5 heteroatoms. The van der Waals surface area contributed by atoms with Crippen molar-refractivity contribution in [1.82, 2.24) is 0 Å². The van der Waals surface area contributed by atoms with Crippen LogP contribution in [-0.2, 0) is 0 Å². The predicted octanol–water partition coefficient (Wildman–Crippen LogP) is 2.94. The number of nitrogens with zero attached hydrogens (tertiary/aromatic N) is 1. The maximum atomic E-state index is 9.67. The lowest BCUT2D eigenvalue weighted by Gasteiger charge is -2.11. The molecule has 0 aliphatic rings. The second-order valence-corrected chi connectivity index (χ2v) is 2.98. The van der Waals surface area contributed by atoms with E-state index in [4.69, 9.17) is 0 Å². The lowest BCUT2D eigenvalue weighted by molar-refractivity contribution is 0.535. The highest BCUT2D eigenvalue weighted by molar-refractivity contribution is 6.33. The van der Waals surface area contributed by atoms with Crippen LogP contribution in [0.3, 0.4) is 0 Å². The van der Waals surface area contributed by atoms with Crippen molar-refractivity contribution in [1.29, 1.82) is 0 Å². The minimum atomic E-state index is -3.67. The Kier molecular flexibility index (Phi) is 5.84. The number of hydrogen-bond donors (Lipinski definition) is 0. The van der Waals surface area contributed by atoms with Gasteiger partial charge in [0.25, 0.3) is 0 Å². The highest BCUT2D eigenvalue weighted by Crippen LogP contribution is 2.10. The van der Waals surface area contributed by atoms with Gasteiger partial charge in [0.2, 0.25) is 0 Å². The van der Waals surface area contributed by atoms with Crippen LogP contribution in [0.5, 0.6) is 0 Å². The van der Waals surface area contributed by atoms with Gasteiger partial charge in [-0.05, 0) is 19.1 Å². The van der Waals surface area contributed by atoms with Crippen LogP contribution in [0.1, 0.15) is 5.56 Å². The molecule has 0 amide bonds. The maximum Gasteiger partial charge on any atom is 0.762 e. The molecule has 0 saturated heterocycles. The van der Waals surface area contributed by atoms with E-state index in [0.717, 1.165) is 0 Å². The third-order valence-corrected chi connectivity index (χ3v) is 1.55. The van der Waals surface area contributed by atoms with E-state index in [1.54, 1.807) is 0 Å². The molecule has 14 heavy (non-hydrogen) atoms. The van der Waals surface area contributed by atoms with Crippen molar-refractivity contribution in [3.8, 4) is 0 Å². The number of anilines is 1. The van der Waals surface area contributed by atoms with Crippen LogP contribution in [0.15, 0.2) is 24.3 Å². The zero-order valence-corrected chi connectivity index (χ0v) is 8.47. The molecule has 0 aliphatic carbocycles. The maximum absolute atomic E-state index is 9.67. The van der Waals surface area contributed by atoms with E-state index in [1.165, 1.54) is 11.3 Å². The topological polar surface area (TPSA) is 3.24 Å². The molecular formula is C9H13BF3N. The Bertz CT molecular complexity index is 246. The molecule has 1 nitrogen and oxygen atoms in total. The van der Waals surface area contributed by atoms with Gasteiger partial charge >= 0.3 is 7.54 Å². The van der Waals surface area contributed by atoms with Crippen molar-refractivity contribution in [2.45, 2.75) is 6.92 Å². The van der Waals surface area contributed by atoms with Crippen molar-refractivity contribution in [2.24, 2.45) is 0 Å². The van der Waals surface area contributed by atoms with E-state index >= 15 is 0 Å². The molecule has 78 valence electrons. The Morgan fingerprint density at radius 3 is 1.64 bits per heavy atom. The molecule has 0 bridgehead atoms. The van der Waals surface area contributed by atoms with Crippen LogP contribution in [0, 0.1) is 6.92 Å². The minimum absolute atomic E-state index is 1.26. The molecule has 1 aromatic carbocycles. The highest BCUT2D eigenvalue weighted by Gasteiger charge is 2.06. The Balaban J connectivity index is 0.000000364. The Morgan fingerprint density at radius 1 is 1.00 bits per heavy atom. The monoisotopic (exact) mass is 203 g/mol. The van der Waals surface area contributed by atoms with Crippen molar-refractivity contribution in [2.75, 3.05) is 19.0 Å². The third-order valence-electron chi connectivity index (χ3n) is 1.55. The lowest BCUT2D eigenvalue weighted by atomic mass is 10.2. The molecule has 0 N–H and O–H groups in total. The summed E-state index contributed by atoms with van der Waals surface area (Å²) in [5.41, 5.74) is 2.57. The molecule has 1 aromatic rings. The van der Waals surface area contributed by atoms with Crippen molar-refractivity contribution < 1.29 is 12.9 Å². The lowest BCUT2D eigenvalue weighted by Crippen LogP contribution is -2.07. The summed E-state index contributed by atoms with van der Waals surface area (Å²) >= 11 is 0. The summed E-state index contributed by atoms with van der Waals surface area (Å²) in [6.45, 7) is 2.10. The van der Waals surface area contributed by atoms with Crippen LogP contribution < -0.4 is 4.90 Å². The Hall–Kier alpha value is -1.13. The van der Waals surface area contributed by atoms with Crippen LogP contribution in [0.2, 0.25) is 0 Å². The normalized spacial score (nSPS) is 8.71. The molecule has 1 rings (SSSR count). The molecule has 0 atom stereocenters. The number of benzene rings is 1. The van der Waals surface area contributed by atoms with Gasteiger partial charge in [0.1, 0.15) is 0 Å². The van der Waals surface area contributed by atoms with Crippen molar-refractivity contribution >= 4 is 13.2 Å². The molecule has 0 radical (unpaired) electrons. The van der Waals surface area contributed by atoms with Crippen molar-refractivity contribution in [3.63, 3.8) is 0 Å². The van der Waals surface area contributed by atoms with E-state index < -0.39 is 7.54 Å². The molecule has 0 aromatic heterocycles. The van der Waals surface area contributed by atoms with Gasteiger partial charge in [-0.1, -0.05) is 17.7 Å². The molecule has 0 aliphatic heterocycles. The zero-order valence-electron chi connectivity index (χ0n) is 8.47. The quantitative estimate of drug-likeness (QED) is 0.634. The number of rotatable bonds is 1. The fourth-order valence-corrected chi connectivity index (χ4v) is 0.843.